The molecule has 0 aliphatic heterocycles. The molecule has 0 aromatic heterocycles. The number of hydrogen-bond acceptors (Lipinski definition) is 5. The van der Waals surface area contributed by atoms with E-state index in [1.54, 1.807) is 0 Å². The van der Waals surface area contributed by atoms with Crippen molar-refractivity contribution in [1.82, 2.24) is 15.1 Å². The van der Waals surface area contributed by atoms with Gasteiger partial charge in [-0.05, 0) is 48.7 Å². The Hall–Kier alpha value is -3.39. The lowest BCUT2D eigenvalue weighted by molar-refractivity contribution is -0.145. The van der Waals surface area contributed by atoms with Crippen LogP contribution in [0.1, 0.15) is 23.5 Å². The molecular weight excluding hydrogens is 434 g/mol. The van der Waals surface area contributed by atoms with E-state index >= 15 is 0 Å². The van der Waals surface area contributed by atoms with E-state index < -0.39 is 12.1 Å². The van der Waals surface area contributed by atoms with Crippen LogP contribution in [-0.2, 0) is 14.3 Å². The smallest absolute Gasteiger partial charge is 0.407 e. The normalized spacial score (nSPS) is 18.2. The molecule has 0 spiro atoms. The zero-order valence-corrected chi connectivity index (χ0v) is 19.6. The molecular formula is C26H31N3O5. The number of carboxylic acids is 1. The molecule has 8 nitrogen and oxygen atoms in total. The fourth-order valence-corrected chi connectivity index (χ4v) is 4.63. The molecule has 2 aromatic carbocycles. The Balaban J connectivity index is 1.26. The van der Waals surface area contributed by atoms with Crippen molar-refractivity contribution in [3.8, 4) is 11.1 Å². The highest BCUT2D eigenvalue weighted by atomic mass is 16.5. The van der Waals surface area contributed by atoms with Crippen LogP contribution in [-0.4, -0.2) is 79.8 Å². The second kappa shape index (κ2) is 10.3. The van der Waals surface area contributed by atoms with Gasteiger partial charge in [0.25, 0.3) is 0 Å². The summed E-state index contributed by atoms with van der Waals surface area (Å²) >= 11 is 0. The van der Waals surface area contributed by atoms with E-state index in [1.165, 1.54) is 16.0 Å². The first-order valence-electron chi connectivity index (χ1n) is 11.6. The number of hydrogen-bond donors (Lipinski definition) is 2. The van der Waals surface area contributed by atoms with Gasteiger partial charge in [0.05, 0.1) is 0 Å². The van der Waals surface area contributed by atoms with Crippen molar-refractivity contribution in [2.75, 3.05) is 46.9 Å². The maximum absolute atomic E-state index is 12.7. The topological polar surface area (TPSA) is 99.2 Å². The quantitative estimate of drug-likeness (QED) is 0.560. The Morgan fingerprint density at radius 1 is 1.00 bits per heavy atom. The molecule has 2 unspecified atom stereocenters. The molecule has 2 aliphatic carbocycles. The zero-order valence-electron chi connectivity index (χ0n) is 19.6. The minimum atomic E-state index is -1.03. The van der Waals surface area contributed by atoms with Gasteiger partial charge in [-0.2, -0.15) is 0 Å². The van der Waals surface area contributed by atoms with E-state index in [0.29, 0.717) is 26.1 Å². The van der Waals surface area contributed by atoms with Crippen LogP contribution in [0.3, 0.4) is 0 Å². The van der Waals surface area contributed by atoms with Crippen LogP contribution >= 0.6 is 0 Å². The Labute approximate surface area is 199 Å². The molecule has 0 saturated heterocycles. The lowest BCUT2D eigenvalue weighted by atomic mass is 9.98. The molecule has 1 fully saturated rings. The van der Waals surface area contributed by atoms with Crippen LogP contribution in [0, 0.1) is 11.8 Å². The molecule has 2 atom stereocenters. The van der Waals surface area contributed by atoms with Crippen molar-refractivity contribution >= 4 is 18.0 Å². The third-order valence-corrected chi connectivity index (χ3v) is 6.55. The summed E-state index contributed by atoms with van der Waals surface area (Å²) in [6.45, 7) is 1.22. The van der Waals surface area contributed by atoms with E-state index in [-0.39, 0.29) is 36.8 Å². The lowest BCUT2D eigenvalue weighted by Crippen LogP contribution is -2.41. The number of fused-ring (bicyclic) bond motifs is 3. The number of rotatable bonds is 10. The van der Waals surface area contributed by atoms with Gasteiger partial charge in [0.2, 0.25) is 5.91 Å². The second-order valence-corrected chi connectivity index (χ2v) is 9.27. The maximum Gasteiger partial charge on any atom is 0.407 e. The first-order chi connectivity index (χ1) is 16.3. The van der Waals surface area contributed by atoms with Crippen molar-refractivity contribution < 1.29 is 24.2 Å². The molecule has 0 radical (unpaired) electrons. The van der Waals surface area contributed by atoms with E-state index in [1.807, 2.05) is 43.3 Å². The first kappa shape index (κ1) is 23.8. The zero-order chi connectivity index (χ0) is 24.2. The summed E-state index contributed by atoms with van der Waals surface area (Å²) in [5.41, 5.74) is 4.65. The van der Waals surface area contributed by atoms with Gasteiger partial charge in [-0.15, -0.1) is 0 Å². The largest absolute Gasteiger partial charge is 0.480 e. The third kappa shape index (κ3) is 5.39. The van der Waals surface area contributed by atoms with Gasteiger partial charge in [-0.25, -0.2) is 4.79 Å². The summed E-state index contributed by atoms with van der Waals surface area (Å²) in [5.74, 6) is -1.45. The second-order valence-electron chi connectivity index (χ2n) is 9.27. The maximum atomic E-state index is 12.7. The third-order valence-electron chi connectivity index (χ3n) is 6.55. The number of ether oxygens (including phenoxy) is 1. The monoisotopic (exact) mass is 465 g/mol. The highest BCUT2D eigenvalue weighted by Crippen LogP contribution is 2.44. The summed E-state index contributed by atoms with van der Waals surface area (Å²) in [4.78, 5) is 39.6. The number of likely N-dealkylation sites (N-methyl/N-ethyl adjacent to an activating group) is 1. The molecule has 2 N–H and O–H groups in total. The van der Waals surface area contributed by atoms with Crippen LogP contribution in [0.4, 0.5) is 4.79 Å². The Morgan fingerprint density at radius 3 is 2.21 bits per heavy atom. The van der Waals surface area contributed by atoms with Crippen LogP contribution < -0.4 is 5.32 Å². The Morgan fingerprint density at radius 2 is 1.62 bits per heavy atom. The fourth-order valence-electron chi connectivity index (χ4n) is 4.63. The van der Waals surface area contributed by atoms with Crippen LogP contribution in [0.5, 0.6) is 0 Å². The van der Waals surface area contributed by atoms with Crippen LogP contribution in [0.15, 0.2) is 48.5 Å². The number of nitrogens with one attached hydrogen (secondary N) is 1. The van der Waals surface area contributed by atoms with Gasteiger partial charge in [0.1, 0.15) is 13.2 Å². The van der Waals surface area contributed by atoms with Crippen molar-refractivity contribution in [3.05, 3.63) is 59.7 Å². The molecule has 2 amide bonds. The highest BCUT2D eigenvalue weighted by Gasteiger charge is 2.45. The van der Waals surface area contributed by atoms with Crippen molar-refractivity contribution in [2.45, 2.75) is 12.3 Å². The molecule has 2 aliphatic rings. The summed E-state index contributed by atoms with van der Waals surface area (Å²) in [6, 6.07) is 16.3. The number of amides is 2. The first-order valence-corrected chi connectivity index (χ1v) is 11.6. The predicted octanol–water partition coefficient (Wildman–Crippen LogP) is 2.64. The minimum Gasteiger partial charge on any atom is -0.480 e. The SMILES string of the molecule is CN(C)CCN(CC(=O)O)C(=O)C1CC1CNC(=O)OCC1c2ccccc2-c2ccccc21. The van der Waals surface area contributed by atoms with Gasteiger partial charge >= 0.3 is 12.1 Å². The molecule has 180 valence electrons. The predicted molar refractivity (Wildman–Crippen MR) is 127 cm³/mol. The summed E-state index contributed by atoms with van der Waals surface area (Å²) in [7, 11) is 3.75. The lowest BCUT2D eigenvalue weighted by Gasteiger charge is -2.23. The van der Waals surface area contributed by atoms with Gasteiger partial charge < -0.3 is 25.0 Å². The van der Waals surface area contributed by atoms with E-state index in [0.717, 1.165) is 11.1 Å². The van der Waals surface area contributed by atoms with E-state index in [4.69, 9.17) is 9.84 Å². The average Bonchev–Trinajstić information content (AvgIpc) is 3.53. The number of carbonyl (C=O) groups excluding carboxylic acids is 2. The molecule has 0 bridgehead atoms. The number of carbonyl (C=O) groups is 3. The number of carboxylic acid groups (broad SMARTS) is 1. The van der Waals surface area contributed by atoms with Gasteiger partial charge in [-0.1, -0.05) is 48.5 Å². The molecule has 1 saturated carbocycles. The van der Waals surface area contributed by atoms with Crippen molar-refractivity contribution in [3.63, 3.8) is 0 Å². The number of benzene rings is 2. The van der Waals surface area contributed by atoms with Crippen LogP contribution in [0.25, 0.3) is 11.1 Å². The molecule has 8 heteroatoms. The summed E-state index contributed by atoms with van der Waals surface area (Å²) in [6.07, 6.45) is 0.135. The number of alkyl carbamates (subject to hydrolysis) is 1. The number of aliphatic carboxylic acids is 1. The van der Waals surface area contributed by atoms with Gasteiger partial charge in [-0.3, -0.25) is 9.59 Å². The Kier molecular flexibility index (Phi) is 7.17. The fraction of sp³-hybridized carbons (Fsp3) is 0.423. The van der Waals surface area contributed by atoms with E-state index in [2.05, 4.69) is 29.6 Å². The molecule has 0 heterocycles. The Bertz CT molecular complexity index is 1020. The number of nitrogens with zero attached hydrogens (tertiary/aromatic N) is 2. The molecule has 4 rings (SSSR count). The standard InChI is InChI=1S/C26H31N3O5/c1-28(2)11-12-29(15-24(30)31)25(32)22-13-17(22)14-27-26(33)34-16-23-20-9-5-3-7-18(20)19-8-4-6-10-21(19)23/h3-10,17,22-23H,11-16H2,1-2H3,(H,27,33)(H,30,31). The summed E-state index contributed by atoms with van der Waals surface area (Å²) in [5, 5.41) is 11.9. The average molecular weight is 466 g/mol. The molecule has 2 aromatic rings. The van der Waals surface area contributed by atoms with Gasteiger partial charge in [0.15, 0.2) is 0 Å². The highest BCUT2D eigenvalue weighted by molar-refractivity contribution is 5.85. The molecule has 34 heavy (non-hydrogen) atoms. The van der Waals surface area contributed by atoms with Crippen molar-refractivity contribution in [2.24, 2.45) is 11.8 Å². The summed E-state index contributed by atoms with van der Waals surface area (Å²) < 4.78 is 5.55. The van der Waals surface area contributed by atoms with Crippen LogP contribution in [0.2, 0.25) is 0 Å². The minimum absolute atomic E-state index is 0.00336. The van der Waals surface area contributed by atoms with Crippen molar-refractivity contribution in [1.29, 1.82) is 0 Å². The van der Waals surface area contributed by atoms with E-state index in [9.17, 15) is 14.4 Å². The van der Waals surface area contributed by atoms with Gasteiger partial charge in [0, 0.05) is 31.5 Å².